The molecule has 0 aliphatic carbocycles. The Morgan fingerprint density at radius 1 is 1.42 bits per heavy atom. The third-order valence-corrected chi connectivity index (χ3v) is 3.73. The summed E-state index contributed by atoms with van der Waals surface area (Å²) < 4.78 is 14.7. The zero-order chi connectivity index (χ0) is 17.4. The predicted molar refractivity (Wildman–Crippen MR) is 93.6 cm³/mol. The van der Waals surface area contributed by atoms with E-state index in [0.717, 1.165) is 26.1 Å². The lowest BCUT2D eigenvalue weighted by Crippen LogP contribution is -2.36. The van der Waals surface area contributed by atoms with E-state index in [4.69, 9.17) is 11.6 Å². The van der Waals surface area contributed by atoms with Crippen LogP contribution in [0.4, 0.5) is 4.39 Å². The maximum absolute atomic E-state index is 13.2. The standard InChI is InChI=1S/C17H22ClFN4O/c1-2-8-22(9-3-6-18)10-7-20-17(24)11-15-13-23-12-14(19)4-5-16(23)21-15/h3-6,12-13H,2,7-11H2,1H3,(H,20,24)/b6-3+. The van der Waals surface area contributed by atoms with Gasteiger partial charge in [0, 0.05) is 37.6 Å². The monoisotopic (exact) mass is 352 g/mol. The summed E-state index contributed by atoms with van der Waals surface area (Å²) in [5, 5.41) is 2.89. The largest absolute Gasteiger partial charge is 0.354 e. The fraction of sp³-hybridized carbons (Fsp3) is 0.412. The highest BCUT2D eigenvalue weighted by atomic mass is 35.5. The van der Waals surface area contributed by atoms with Gasteiger partial charge in [0.25, 0.3) is 0 Å². The Bertz CT molecular complexity index is 701. The van der Waals surface area contributed by atoms with Crippen LogP contribution in [0.25, 0.3) is 5.65 Å². The van der Waals surface area contributed by atoms with Crippen molar-refractivity contribution in [3.8, 4) is 0 Å². The summed E-state index contributed by atoms with van der Waals surface area (Å²) in [6.45, 7) is 5.16. The maximum atomic E-state index is 13.2. The van der Waals surface area contributed by atoms with Crippen LogP contribution >= 0.6 is 11.6 Å². The number of imidazole rings is 1. The summed E-state index contributed by atoms with van der Waals surface area (Å²) >= 11 is 5.55. The number of hydrogen-bond donors (Lipinski definition) is 1. The van der Waals surface area contributed by atoms with E-state index in [9.17, 15) is 9.18 Å². The first kappa shape index (κ1) is 18.4. The zero-order valence-electron chi connectivity index (χ0n) is 13.7. The molecule has 0 saturated carbocycles. The van der Waals surface area contributed by atoms with Crippen LogP contribution in [0.15, 0.2) is 36.1 Å². The number of halogens is 2. The van der Waals surface area contributed by atoms with Crippen molar-refractivity contribution in [2.75, 3.05) is 26.2 Å². The summed E-state index contributed by atoms with van der Waals surface area (Å²) in [5.41, 5.74) is 2.75. The molecule has 0 bridgehead atoms. The molecule has 2 aromatic rings. The van der Waals surface area contributed by atoms with Crippen LogP contribution in [0.3, 0.4) is 0 Å². The van der Waals surface area contributed by atoms with Crippen LogP contribution in [0.2, 0.25) is 0 Å². The Labute approximate surface area is 146 Å². The van der Waals surface area contributed by atoms with E-state index in [1.54, 1.807) is 16.7 Å². The minimum absolute atomic E-state index is 0.0942. The number of fused-ring (bicyclic) bond motifs is 1. The molecule has 5 nitrogen and oxygen atoms in total. The van der Waals surface area contributed by atoms with Gasteiger partial charge in [0.05, 0.1) is 12.1 Å². The van der Waals surface area contributed by atoms with Crippen molar-refractivity contribution in [1.82, 2.24) is 19.6 Å². The maximum Gasteiger partial charge on any atom is 0.226 e. The predicted octanol–water partition coefficient (Wildman–Crippen LogP) is 2.60. The molecule has 7 heteroatoms. The number of amides is 1. The molecule has 0 saturated heterocycles. The molecule has 1 amide bonds. The molecule has 24 heavy (non-hydrogen) atoms. The van der Waals surface area contributed by atoms with Gasteiger partial charge < -0.3 is 9.72 Å². The van der Waals surface area contributed by atoms with E-state index < -0.39 is 0 Å². The molecule has 0 fully saturated rings. The minimum atomic E-state index is -0.335. The van der Waals surface area contributed by atoms with Crippen LogP contribution in [-0.4, -0.2) is 46.4 Å². The smallest absolute Gasteiger partial charge is 0.226 e. The van der Waals surface area contributed by atoms with Gasteiger partial charge in [0.1, 0.15) is 11.5 Å². The lowest BCUT2D eigenvalue weighted by atomic mass is 10.3. The third kappa shape index (κ3) is 5.62. The molecule has 2 rings (SSSR count). The average Bonchev–Trinajstić information content (AvgIpc) is 2.93. The normalized spacial score (nSPS) is 11.7. The first-order valence-corrected chi connectivity index (χ1v) is 8.43. The Morgan fingerprint density at radius 2 is 2.25 bits per heavy atom. The number of carbonyl (C=O) groups excluding carboxylic acids is 1. The number of rotatable bonds is 9. The average molecular weight is 353 g/mol. The first-order chi connectivity index (χ1) is 11.6. The van der Waals surface area contributed by atoms with E-state index in [1.807, 2.05) is 6.08 Å². The van der Waals surface area contributed by atoms with Gasteiger partial charge in [0.2, 0.25) is 5.91 Å². The van der Waals surface area contributed by atoms with Gasteiger partial charge in [-0.25, -0.2) is 9.37 Å². The molecule has 0 spiro atoms. The molecule has 2 heterocycles. The molecule has 0 unspecified atom stereocenters. The Hall–Kier alpha value is -1.92. The van der Waals surface area contributed by atoms with Crippen molar-refractivity contribution in [2.24, 2.45) is 0 Å². The van der Waals surface area contributed by atoms with Crippen molar-refractivity contribution >= 4 is 23.2 Å². The van der Waals surface area contributed by atoms with Crippen LogP contribution < -0.4 is 5.32 Å². The first-order valence-electron chi connectivity index (χ1n) is 7.99. The van der Waals surface area contributed by atoms with Gasteiger partial charge in [-0.1, -0.05) is 24.6 Å². The molecule has 0 aromatic carbocycles. The quantitative estimate of drug-likeness (QED) is 0.754. The van der Waals surface area contributed by atoms with E-state index in [0.29, 0.717) is 17.9 Å². The Kier molecular flexibility index (Phi) is 7.21. The molecule has 0 atom stereocenters. The topological polar surface area (TPSA) is 49.6 Å². The number of nitrogens with zero attached hydrogens (tertiary/aromatic N) is 3. The molecule has 0 aliphatic rings. The number of pyridine rings is 1. The van der Waals surface area contributed by atoms with Gasteiger partial charge in [0.15, 0.2) is 0 Å². The van der Waals surface area contributed by atoms with Crippen LogP contribution in [0, 0.1) is 5.82 Å². The van der Waals surface area contributed by atoms with E-state index in [1.165, 1.54) is 17.8 Å². The molecule has 130 valence electrons. The fourth-order valence-corrected chi connectivity index (χ4v) is 2.56. The van der Waals surface area contributed by atoms with Crippen molar-refractivity contribution in [2.45, 2.75) is 19.8 Å². The van der Waals surface area contributed by atoms with Gasteiger partial charge >= 0.3 is 0 Å². The van der Waals surface area contributed by atoms with E-state index in [2.05, 4.69) is 22.1 Å². The van der Waals surface area contributed by atoms with Gasteiger partial charge in [-0.2, -0.15) is 0 Å². The highest BCUT2D eigenvalue weighted by Gasteiger charge is 2.09. The highest BCUT2D eigenvalue weighted by Crippen LogP contribution is 2.07. The molecular formula is C17H22ClFN4O. The number of hydrogen-bond acceptors (Lipinski definition) is 3. The summed E-state index contributed by atoms with van der Waals surface area (Å²) in [6.07, 6.45) is 6.12. The van der Waals surface area contributed by atoms with Gasteiger partial charge in [-0.15, -0.1) is 0 Å². The highest BCUT2D eigenvalue weighted by molar-refractivity contribution is 6.25. The van der Waals surface area contributed by atoms with Gasteiger partial charge in [-0.3, -0.25) is 9.69 Å². The summed E-state index contributed by atoms with van der Waals surface area (Å²) in [7, 11) is 0. The molecule has 1 N–H and O–H groups in total. The second-order valence-corrected chi connectivity index (χ2v) is 5.79. The van der Waals surface area contributed by atoms with Crippen LogP contribution in [0.1, 0.15) is 19.0 Å². The number of carbonyl (C=O) groups is 1. The fourth-order valence-electron chi connectivity index (χ4n) is 2.48. The van der Waals surface area contributed by atoms with Crippen LogP contribution in [0.5, 0.6) is 0 Å². The van der Waals surface area contributed by atoms with Crippen LogP contribution in [-0.2, 0) is 11.2 Å². The summed E-state index contributed by atoms with van der Waals surface area (Å²) in [4.78, 5) is 18.5. The van der Waals surface area contributed by atoms with Crippen molar-refractivity contribution in [3.05, 3.63) is 47.6 Å². The second-order valence-electron chi connectivity index (χ2n) is 5.53. The van der Waals surface area contributed by atoms with E-state index in [-0.39, 0.29) is 18.1 Å². The van der Waals surface area contributed by atoms with Crippen molar-refractivity contribution < 1.29 is 9.18 Å². The molecule has 0 aliphatic heterocycles. The summed E-state index contributed by atoms with van der Waals surface area (Å²) in [6, 6.07) is 2.94. The minimum Gasteiger partial charge on any atom is -0.354 e. The van der Waals surface area contributed by atoms with Crippen molar-refractivity contribution in [3.63, 3.8) is 0 Å². The third-order valence-electron chi connectivity index (χ3n) is 3.55. The summed E-state index contributed by atoms with van der Waals surface area (Å²) in [5.74, 6) is -0.430. The number of nitrogens with one attached hydrogen (secondary N) is 1. The Morgan fingerprint density at radius 3 is 3.00 bits per heavy atom. The Balaban J connectivity index is 1.81. The van der Waals surface area contributed by atoms with Gasteiger partial charge in [-0.05, 0) is 25.1 Å². The lowest BCUT2D eigenvalue weighted by Gasteiger charge is -2.19. The SMILES string of the molecule is CCCN(C/C=C/Cl)CCNC(=O)Cc1cn2cc(F)ccc2n1. The lowest BCUT2D eigenvalue weighted by molar-refractivity contribution is -0.120. The number of aromatic nitrogens is 2. The molecular weight excluding hydrogens is 331 g/mol. The van der Waals surface area contributed by atoms with E-state index >= 15 is 0 Å². The molecule has 0 radical (unpaired) electrons. The van der Waals surface area contributed by atoms with Crippen molar-refractivity contribution in [1.29, 1.82) is 0 Å². The second kappa shape index (κ2) is 9.39. The molecule has 2 aromatic heterocycles. The zero-order valence-corrected chi connectivity index (χ0v) is 14.5.